The molecule has 1 amide bonds. The summed E-state index contributed by atoms with van der Waals surface area (Å²) in [5.41, 5.74) is 7.58. The maximum absolute atomic E-state index is 15.0. The third-order valence-electron chi connectivity index (χ3n) is 20.3. The number of ether oxygens (including phenoxy) is 6. The van der Waals surface area contributed by atoms with E-state index < -0.39 is 37.5 Å². The number of piperazine rings is 1. The first-order chi connectivity index (χ1) is 41.5. The van der Waals surface area contributed by atoms with Crippen LogP contribution >= 0.6 is 0 Å². The second-order valence-electron chi connectivity index (χ2n) is 25.6. The lowest BCUT2D eigenvalue weighted by Gasteiger charge is -2.58. The third kappa shape index (κ3) is 10.1. The molecule has 14 rings (SSSR count). The van der Waals surface area contributed by atoms with Gasteiger partial charge in [-0.05, 0) is 129 Å². The number of aryl methyl sites for hydroxylation is 1. The largest absolute Gasteiger partial charge is 0.489 e. The Balaban J connectivity index is 0.729. The van der Waals surface area contributed by atoms with Crippen molar-refractivity contribution in [1.82, 2.24) is 29.5 Å². The molecule has 86 heavy (non-hydrogen) atoms. The Hall–Kier alpha value is -7.24. The monoisotopic (exact) mass is 1190 g/mol. The van der Waals surface area contributed by atoms with E-state index in [0.717, 1.165) is 101 Å². The number of methoxy groups -OCH3 is 1. The molecule has 1 aliphatic carbocycles. The molecule has 5 atom stereocenters. The smallest absolute Gasteiger partial charge is 0.297 e. The molecule has 3 N–H and O–H groups in total. The van der Waals surface area contributed by atoms with E-state index in [1.165, 1.54) is 28.3 Å². The molecule has 3 aromatic heterocycles. The number of carbonyl (C=O) groups excluding carboxylic acids is 1. The molecule has 454 valence electrons. The van der Waals surface area contributed by atoms with Crippen molar-refractivity contribution in [2.45, 2.75) is 126 Å². The van der Waals surface area contributed by atoms with E-state index in [4.69, 9.17) is 38.4 Å². The maximum Gasteiger partial charge on any atom is 0.297 e. The second-order valence-corrected chi connectivity index (χ2v) is 27.3. The highest BCUT2D eigenvalue weighted by Crippen LogP contribution is 2.55. The van der Waals surface area contributed by atoms with Crippen LogP contribution in [0, 0.1) is 28.4 Å². The molecular weight excluding hydrogens is 1120 g/mol. The molecular formula is C64H76N10O11S. The van der Waals surface area contributed by atoms with Crippen molar-refractivity contribution in [3.63, 3.8) is 0 Å². The zero-order valence-corrected chi connectivity index (χ0v) is 50.3. The van der Waals surface area contributed by atoms with Crippen LogP contribution in [0.4, 0.5) is 28.4 Å². The Morgan fingerprint density at radius 1 is 0.919 bits per heavy atom. The van der Waals surface area contributed by atoms with Crippen molar-refractivity contribution in [1.29, 1.82) is 0 Å². The van der Waals surface area contributed by atoms with Gasteiger partial charge in [0.15, 0.2) is 17.2 Å². The number of nitrogens with zero attached hydrogens (tertiary/aromatic N) is 7. The Kier molecular flexibility index (Phi) is 14.6. The number of pyridine rings is 2. The van der Waals surface area contributed by atoms with Crippen molar-refractivity contribution < 1.29 is 46.6 Å². The number of aromatic amines is 1. The molecule has 8 aliphatic rings. The predicted molar refractivity (Wildman–Crippen MR) is 324 cm³/mol. The summed E-state index contributed by atoms with van der Waals surface area (Å²) in [6.45, 7) is 16.3. The minimum absolute atomic E-state index is 0.0252. The van der Waals surface area contributed by atoms with E-state index >= 15 is 0 Å². The molecule has 21 nitrogen and oxygen atoms in total. The molecule has 3 aromatic carbocycles. The number of hydrogen-bond acceptors (Lipinski definition) is 18. The van der Waals surface area contributed by atoms with Crippen LogP contribution in [0.1, 0.15) is 117 Å². The van der Waals surface area contributed by atoms with Gasteiger partial charge in [0.05, 0.1) is 53.5 Å². The van der Waals surface area contributed by atoms with Crippen LogP contribution in [0.25, 0.3) is 11.0 Å². The summed E-state index contributed by atoms with van der Waals surface area (Å²) in [5.74, 6) is 0.975. The van der Waals surface area contributed by atoms with E-state index in [1.54, 1.807) is 13.2 Å². The van der Waals surface area contributed by atoms with Gasteiger partial charge in [-0.25, -0.2) is 18.1 Å². The van der Waals surface area contributed by atoms with Gasteiger partial charge in [-0.3, -0.25) is 24.7 Å². The van der Waals surface area contributed by atoms with E-state index in [2.05, 4.69) is 86.6 Å². The Morgan fingerprint density at radius 3 is 2.51 bits per heavy atom. The van der Waals surface area contributed by atoms with Crippen LogP contribution in [0.5, 0.6) is 23.3 Å². The Morgan fingerprint density at radius 2 is 1.72 bits per heavy atom. The highest BCUT2D eigenvalue weighted by atomic mass is 32.2. The van der Waals surface area contributed by atoms with Gasteiger partial charge in [-0.15, -0.1) is 0 Å². The molecule has 0 radical (unpaired) electrons. The summed E-state index contributed by atoms with van der Waals surface area (Å²) in [6.07, 6.45) is 10.6. The quantitative estimate of drug-likeness (QED) is 0.0765. The van der Waals surface area contributed by atoms with Gasteiger partial charge in [0.2, 0.25) is 5.88 Å². The van der Waals surface area contributed by atoms with Gasteiger partial charge in [-0.1, -0.05) is 38.1 Å². The number of nitrogens with one attached hydrogen (secondary N) is 3. The number of H-pyrrole nitrogens is 1. The number of carbonyl (C=O) groups is 1. The molecule has 22 heteroatoms. The zero-order valence-electron chi connectivity index (χ0n) is 49.5. The average Bonchev–Trinajstić information content (AvgIpc) is 1.01. The minimum Gasteiger partial charge on any atom is -0.489 e. The molecule has 1 saturated carbocycles. The standard InChI is InChI=1S/C64H76N10O11S/c1-38-8-6-7-9-45(38)53-35-71(39(2)47-34-66-62(80-5)58-56(47)63(3,4)18-27-83-58)22-23-72(53)43-32-64(33-43)16-20-70(21-17-64)42-10-11-46(50(29-42)73-49-15-26-82-37-55(49)85-61-52(73)28-41-12-19-65-59(41)68-61)60(75)69-86(78,79)44-30-51(74(76)77)57-54(31-44)84-36-48(67-57)40-13-24-81-25-14-40/h6-12,19,28-31,34,39-40,43,48-49,53,55,67H,13-18,20-27,32-33,35-37H2,1-5H3,(H,65,68)(H,69,75)/t39-,48-,49-,53-,55-/m0/s1. The van der Waals surface area contributed by atoms with Crippen molar-refractivity contribution in [2.24, 2.45) is 11.3 Å². The van der Waals surface area contributed by atoms with Crippen LogP contribution in [-0.2, 0) is 24.9 Å². The number of anilines is 4. The fourth-order valence-electron chi connectivity index (χ4n) is 15.4. The number of nitro benzene ring substituents is 1. The highest BCUT2D eigenvalue weighted by molar-refractivity contribution is 7.90. The lowest BCUT2D eigenvalue weighted by atomic mass is 9.59. The van der Waals surface area contributed by atoms with E-state index in [-0.39, 0.29) is 71.1 Å². The van der Waals surface area contributed by atoms with E-state index in [1.807, 2.05) is 36.7 Å². The number of amides is 1. The lowest BCUT2D eigenvalue weighted by molar-refractivity contribution is -0.384. The highest BCUT2D eigenvalue weighted by Gasteiger charge is 2.51. The van der Waals surface area contributed by atoms with Crippen molar-refractivity contribution >= 4 is 55.4 Å². The molecule has 0 unspecified atom stereocenters. The molecule has 1 spiro atoms. The summed E-state index contributed by atoms with van der Waals surface area (Å²) >= 11 is 0. The van der Waals surface area contributed by atoms with Crippen LogP contribution in [0.2, 0.25) is 0 Å². The van der Waals surface area contributed by atoms with Gasteiger partial charge >= 0.3 is 0 Å². The van der Waals surface area contributed by atoms with Crippen LogP contribution in [0.3, 0.4) is 0 Å². The molecule has 5 fully saturated rings. The van der Waals surface area contributed by atoms with Gasteiger partial charge in [0.1, 0.15) is 24.0 Å². The second kappa shape index (κ2) is 22.2. The third-order valence-corrected chi connectivity index (χ3v) is 21.6. The SMILES string of the molecule is COc1ncc([C@H](C)N2CCN(C3CC4(CCN(c5ccc(C(=O)NS(=O)(=O)c6cc7c(c([N+](=O)[O-])c6)N[C@H](C6CCOCC6)CO7)c(N6c7cc8cc[nH]c8nc7O[C@H]7COCC[C@@H]76)c5)CC4)C3)[C@H](c3ccccc3C)C2)c2c1OCCC2(C)C. The van der Waals surface area contributed by atoms with Crippen LogP contribution in [-0.4, -0.2) is 148 Å². The number of piperidine rings is 1. The van der Waals surface area contributed by atoms with Crippen molar-refractivity contribution in [3.05, 3.63) is 117 Å². The summed E-state index contributed by atoms with van der Waals surface area (Å²) in [6, 6.07) is 20.9. The maximum atomic E-state index is 15.0. The van der Waals surface area contributed by atoms with Crippen molar-refractivity contribution in [2.75, 3.05) is 94.6 Å². The minimum atomic E-state index is -4.72. The number of benzene rings is 3. The van der Waals surface area contributed by atoms with Crippen LogP contribution in [0.15, 0.2) is 84.0 Å². The average molecular weight is 1190 g/mol. The molecule has 7 aliphatic heterocycles. The summed E-state index contributed by atoms with van der Waals surface area (Å²) in [5, 5.41) is 16.8. The summed E-state index contributed by atoms with van der Waals surface area (Å²) < 4.78 is 67.5. The predicted octanol–water partition coefficient (Wildman–Crippen LogP) is 9.52. The number of fused-ring (bicyclic) bond motifs is 5. The molecule has 6 aromatic rings. The number of nitro groups is 1. The Bertz CT molecular complexity index is 3730. The first-order valence-electron chi connectivity index (χ1n) is 30.6. The van der Waals surface area contributed by atoms with Gasteiger partial charge in [-0.2, -0.15) is 4.98 Å². The molecule has 10 heterocycles. The Labute approximate surface area is 501 Å². The normalized spacial score (nSPS) is 24.3. The topological polar surface area (TPSA) is 228 Å². The fraction of sp³-hybridized carbons (Fsp3) is 0.516. The van der Waals surface area contributed by atoms with Crippen molar-refractivity contribution in [3.8, 4) is 23.3 Å². The summed E-state index contributed by atoms with van der Waals surface area (Å²) in [7, 11) is -3.06. The molecule has 0 bridgehead atoms. The number of sulfonamides is 1. The molecule has 4 saturated heterocycles. The number of rotatable bonds is 12. The summed E-state index contributed by atoms with van der Waals surface area (Å²) in [4.78, 5) is 49.3. The lowest BCUT2D eigenvalue weighted by Crippen LogP contribution is -2.60. The number of aromatic nitrogens is 3. The number of hydrogen-bond donors (Lipinski definition) is 3. The first-order valence-corrected chi connectivity index (χ1v) is 32.1. The van der Waals surface area contributed by atoms with Gasteiger partial charge in [0, 0.05) is 112 Å². The fourth-order valence-corrected chi connectivity index (χ4v) is 16.4. The van der Waals surface area contributed by atoms with Gasteiger partial charge < -0.3 is 48.5 Å². The van der Waals surface area contributed by atoms with E-state index in [0.29, 0.717) is 67.7 Å². The first kappa shape index (κ1) is 56.6. The van der Waals surface area contributed by atoms with Crippen LogP contribution < -0.4 is 38.8 Å². The van der Waals surface area contributed by atoms with Gasteiger partial charge in [0.25, 0.3) is 27.5 Å². The zero-order chi connectivity index (χ0) is 59.2. The van der Waals surface area contributed by atoms with E-state index in [9.17, 15) is 23.3 Å².